The van der Waals surface area contributed by atoms with E-state index in [9.17, 15) is 20.2 Å². The number of amides is 1. The number of benzene rings is 3. The van der Waals surface area contributed by atoms with Crippen molar-refractivity contribution < 1.29 is 19.2 Å². The van der Waals surface area contributed by atoms with Gasteiger partial charge in [0.05, 0.1) is 37.8 Å². The number of carbonyl (C=O) groups excluding carboxylic acids is 1. The zero-order valence-electron chi connectivity index (χ0n) is 18.6. The van der Waals surface area contributed by atoms with Crippen molar-refractivity contribution in [3.05, 3.63) is 95.9 Å². The number of thiocarbonyl (C=S) groups is 1. The Labute approximate surface area is 229 Å². The predicted molar refractivity (Wildman–Crippen MR) is 150 cm³/mol. The fraction of sp³-hybridized carbons (Fsp3) is 0.0800. The number of nitro benzene ring substituents is 1. The van der Waals surface area contributed by atoms with Crippen LogP contribution in [0.25, 0.3) is 6.08 Å². The van der Waals surface area contributed by atoms with E-state index < -0.39 is 4.92 Å². The molecule has 11 heteroatoms. The summed E-state index contributed by atoms with van der Waals surface area (Å²) in [6, 6.07) is 18.6. The van der Waals surface area contributed by atoms with Crippen molar-refractivity contribution in [2.24, 2.45) is 0 Å². The van der Waals surface area contributed by atoms with E-state index >= 15 is 0 Å². The Morgan fingerprint density at radius 2 is 1.94 bits per heavy atom. The number of hydrogen-bond acceptors (Lipinski definition) is 8. The molecule has 1 fully saturated rings. The van der Waals surface area contributed by atoms with Gasteiger partial charge in [0.2, 0.25) is 0 Å². The Balaban J connectivity index is 1.58. The Kier molecular flexibility index (Phi) is 7.88. The zero-order chi connectivity index (χ0) is 25.8. The van der Waals surface area contributed by atoms with Gasteiger partial charge in [0.15, 0.2) is 15.8 Å². The van der Waals surface area contributed by atoms with Gasteiger partial charge in [0, 0.05) is 17.7 Å². The van der Waals surface area contributed by atoms with Crippen LogP contribution in [0.4, 0.5) is 11.4 Å². The molecule has 0 radical (unpaired) electrons. The van der Waals surface area contributed by atoms with E-state index in [-0.39, 0.29) is 18.2 Å². The van der Waals surface area contributed by atoms with E-state index in [1.54, 1.807) is 24.3 Å². The fourth-order valence-electron chi connectivity index (χ4n) is 3.43. The number of hydrogen-bond donors (Lipinski definition) is 0. The number of nitriles is 1. The normalized spacial score (nSPS) is 14.1. The molecule has 0 atom stereocenters. The molecule has 0 aliphatic carbocycles. The van der Waals surface area contributed by atoms with Gasteiger partial charge in [0.1, 0.15) is 6.61 Å². The topological polar surface area (TPSA) is 106 Å². The molecular formula is C25H16IN3O5S2. The van der Waals surface area contributed by atoms with Gasteiger partial charge in [-0.25, -0.2) is 0 Å². The van der Waals surface area contributed by atoms with Crippen LogP contribution in [0.5, 0.6) is 11.5 Å². The Hall–Kier alpha value is -3.47. The van der Waals surface area contributed by atoms with Gasteiger partial charge in [-0.2, -0.15) is 5.26 Å². The molecule has 0 N–H and O–H groups in total. The van der Waals surface area contributed by atoms with Crippen LogP contribution in [-0.4, -0.2) is 22.3 Å². The Bertz CT molecular complexity index is 1450. The van der Waals surface area contributed by atoms with Crippen molar-refractivity contribution in [1.82, 2.24) is 0 Å². The first-order valence-corrected chi connectivity index (χ1v) is 12.6. The zero-order valence-corrected chi connectivity index (χ0v) is 22.4. The minimum absolute atomic E-state index is 0.0696. The first kappa shape index (κ1) is 25.6. The van der Waals surface area contributed by atoms with E-state index in [2.05, 4.69) is 28.7 Å². The number of non-ortho nitro benzene ring substituents is 1. The highest BCUT2D eigenvalue weighted by molar-refractivity contribution is 14.1. The highest BCUT2D eigenvalue weighted by atomic mass is 127. The second-order valence-electron chi connectivity index (χ2n) is 7.38. The second kappa shape index (κ2) is 11.1. The summed E-state index contributed by atoms with van der Waals surface area (Å²) >= 11 is 8.68. The van der Waals surface area contributed by atoms with Crippen LogP contribution in [0.15, 0.2) is 65.6 Å². The molecule has 1 amide bonds. The average Bonchev–Trinajstić information content (AvgIpc) is 3.15. The molecule has 0 unspecified atom stereocenters. The van der Waals surface area contributed by atoms with Crippen molar-refractivity contribution in [2.75, 3.05) is 12.0 Å². The summed E-state index contributed by atoms with van der Waals surface area (Å²) in [5.74, 6) is 0.691. The van der Waals surface area contributed by atoms with Crippen LogP contribution >= 0.6 is 46.6 Å². The molecule has 0 spiro atoms. The molecule has 1 aliphatic rings. The Morgan fingerprint density at radius 3 is 2.61 bits per heavy atom. The number of methoxy groups -OCH3 is 1. The largest absolute Gasteiger partial charge is 0.493 e. The number of carbonyl (C=O) groups is 1. The van der Waals surface area contributed by atoms with Crippen molar-refractivity contribution >= 4 is 74.2 Å². The lowest BCUT2D eigenvalue weighted by Gasteiger charge is -2.15. The molecule has 36 heavy (non-hydrogen) atoms. The summed E-state index contributed by atoms with van der Waals surface area (Å²) < 4.78 is 12.6. The van der Waals surface area contributed by atoms with Crippen LogP contribution in [-0.2, 0) is 11.4 Å². The van der Waals surface area contributed by atoms with Crippen molar-refractivity contribution in [3.8, 4) is 17.6 Å². The van der Waals surface area contributed by atoms with Gasteiger partial charge < -0.3 is 9.47 Å². The smallest absolute Gasteiger partial charge is 0.270 e. The SMILES string of the molecule is COc1cc(/C=C2\SC(=S)N(c3ccc([N+](=O)[O-])cc3)C2=O)cc(I)c1OCc1ccccc1C#N. The Morgan fingerprint density at radius 1 is 1.22 bits per heavy atom. The predicted octanol–water partition coefficient (Wildman–Crippen LogP) is 6.06. The van der Waals surface area contributed by atoms with Gasteiger partial charge in [-0.3, -0.25) is 19.8 Å². The molecule has 3 aromatic rings. The molecule has 0 bridgehead atoms. The molecule has 180 valence electrons. The first-order valence-electron chi connectivity index (χ1n) is 10.3. The maximum Gasteiger partial charge on any atom is 0.270 e. The quantitative estimate of drug-likeness (QED) is 0.102. The maximum atomic E-state index is 13.1. The minimum atomic E-state index is -0.501. The summed E-state index contributed by atoms with van der Waals surface area (Å²) in [6.07, 6.45) is 1.71. The van der Waals surface area contributed by atoms with E-state index in [4.69, 9.17) is 21.7 Å². The number of nitrogens with zero attached hydrogens (tertiary/aromatic N) is 3. The van der Waals surface area contributed by atoms with E-state index in [0.29, 0.717) is 37.5 Å². The van der Waals surface area contributed by atoms with Crippen molar-refractivity contribution in [3.63, 3.8) is 0 Å². The molecule has 0 aromatic heterocycles. The maximum absolute atomic E-state index is 13.1. The van der Waals surface area contributed by atoms with Crippen LogP contribution in [0.2, 0.25) is 0 Å². The molecule has 3 aromatic carbocycles. The summed E-state index contributed by atoms with van der Waals surface area (Å²) in [7, 11) is 1.53. The molecule has 0 saturated carbocycles. The lowest BCUT2D eigenvalue weighted by atomic mass is 10.1. The summed E-state index contributed by atoms with van der Waals surface area (Å²) in [5, 5.41) is 20.2. The number of ether oxygens (including phenoxy) is 2. The van der Waals surface area contributed by atoms with Crippen LogP contribution in [0.3, 0.4) is 0 Å². The van der Waals surface area contributed by atoms with Crippen LogP contribution in [0, 0.1) is 25.0 Å². The number of halogens is 1. The van der Waals surface area contributed by atoms with Gasteiger partial charge in [-0.15, -0.1) is 0 Å². The highest BCUT2D eigenvalue weighted by Crippen LogP contribution is 2.39. The number of anilines is 1. The number of nitro groups is 1. The number of thioether (sulfide) groups is 1. The molecule has 1 aliphatic heterocycles. The standard InChI is InChI=1S/C25H16IN3O5S2/c1-33-21-11-15(10-20(26)23(21)34-14-17-5-3-2-4-16(17)13-27)12-22-24(30)28(25(35)36-22)18-6-8-19(9-7-18)29(31)32/h2-12H,14H2,1H3/b22-12-. The van der Waals surface area contributed by atoms with E-state index in [1.165, 1.54) is 36.3 Å². The number of rotatable bonds is 7. The third kappa shape index (κ3) is 5.35. The van der Waals surface area contributed by atoms with Crippen LogP contribution < -0.4 is 14.4 Å². The van der Waals surface area contributed by atoms with E-state index in [0.717, 1.165) is 20.9 Å². The van der Waals surface area contributed by atoms with Crippen molar-refractivity contribution in [2.45, 2.75) is 6.61 Å². The molecule has 1 saturated heterocycles. The summed E-state index contributed by atoms with van der Waals surface area (Å²) in [6.45, 7) is 0.198. The molecular weight excluding hydrogens is 613 g/mol. The molecule has 4 rings (SSSR count). The van der Waals surface area contributed by atoms with Crippen molar-refractivity contribution in [1.29, 1.82) is 5.26 Å². The van der Waals surface area contributed by atoms with Crippen LogP contribution in [0.1, 0.15) is 16.7 Å². The lowest BCUT2D eigenvalue weighted by molar-refractivity contribution is -0.384. The third-order valence-corrected chi connectivity index (χ3v) is 7.28. The van der Waals surface area contributed by atoms with Gasteiger partial charge >= 0.3 is 0 Å². The third-order valence-electron chi connectivity index (χ3n) is 5.17. The molecule has 8 nitrogen and oxygen atoms in total. The second-order valence-corrected chi connectivity index (χ2v) is 10.2. The lowest BCUT2D eigenvalue weighted by Crippen LogP contribution is -2.27. The van der Waals surface area contributed by atoms with Gasteiger partial charge in [-0.05, 0) is 64.6 Å². The van der Waals surface area contributed by atoms with E-state index in [1.807, 2.05) is 18.2 Å². The summed E-state index contributed by atoms with van der Waals surface area (Å²) in [5.41, 5.74) is 2.40. The average molecular weight is 629 g/mol. The minimum Gasteiger partial charge on any atom is -0.493 e. The fourth-order valence-corrected chi connectivity index (χ4v) is 5.51. The van der Waals surface area contributed by atoms with Gasteiger partial charge in [0.25, 0.3) is 11.6 Å². The molecule has 1 heterocycles. The monoisotopic (exact) mass is 629 g/mol. The van der Waals surface area contributed by atoms with Gasteiger partial charge in [-0.1, -0.05) is 42.2 Å². The summed E-state index contributed by atoms with van der Waals surface area (Å²) in [4.78, 5) is 25.3. The first-order chi connectivity index (χ1) is 17.3. The highest BCUT2D eigenvalue weighted by Gasteiger charge is 2.33.